The van der Waals surface area contributed by atoms with E-state index in [2.05, 4.69) is 81.7 Å². The van der Waals surface area contributed by atoms with E-state index in [4.69, 9.17) is 10.2 Å². The molecule has 27 heavy (non-hydrogen) atoms. The predicted octanol–water partition coefficient (Wildman–Crippen LogP) is 6.21. The number of rotatable bonds is 4. The Morgan fingerprint density at radius 1 is 1.26 bits per heavy atom. The fourth-order valence-corrected chi connectivity index (χ4v) is 3.91. The molecule has 1 aromatic heterocycles. The van der Waals surface area contributed by atoms with Crippen LogP contribution in [0.2, 0.25) is 0 Å². The van der Waals surface area contributed by atoms with Gasteiger partial charge in [0.05, 0.1) is 17.1 Å². The summed E-state index contributed by atoms with van der Waals surface area (Å²) in [6, 6.07) is 8.62. The molecule has 3 nitrogen and oxygen atoms in total. The first-order chi connectivity index (χ1) is 12.8. The molecule has 1 heterocycles. The van der Waals surface area contributed by atoms with Gasteiger partial charge in [-0.3, -0.25) is 0 Å². The van der Waals surface area contributed by atoms with Gasteiger partial charge in [-0.25, -0.2) is 4.98 Å². The number of hydrogen-bond donors (Lipinski definition) is 0. The van der Waals surface area contributed by atoms with Gasteiger partial charge in [0.2, 0.25) is 0 Å². The van der Waals surface area contributed by atoms with Crippen LogP contribution in [0.15, 0.2) is 47.6 Å². The molecule has 140 valence electrons. The third kappa shape index (κ3) is 4.57. The van der Waals surface area contributed by atoms with Gasteiger partial charge in [0, 0.05) is 12.6 Å². The van der Waals surface area contributed by atoms with E-state index in [0.29, 0.717) is 5.92 Å². The monoisotopic (exact) mass is 359 g/mol. The van der Waals surface area contributed by atoms with Gasteiger partial charge in [-0.1, -0.05) is 45.9 Å². The Morgan fingerprint density at radius 3 is 2.74 bits per heavy atom. The maximum atomic E-state index is 9.02. The van der Waals surface area contributed by atoms with Gasteiger partial charge in [0.25, 0.3) is 0 Å². The van der Waals surface area contributed by atoms with Crippen LogP contribution >= 0.6 is 0 Å². The van der Waals surface area contributed by atoms with Crippen molar-refractivity contribution in [1.29, 1.82) is 5.26 Å². The van der Waals surface area contributed by atoms with Gasteiger partial charge in [-0.2, -0.15) is 5.26 Å². The molecule has 3 heteroatoms. The summed E-state index contributed by atoms with van der Waals surface area (Å²) in [6.07, 6.45) is 10.1. The fraction of sp³-hybridized carbons (Fsp3) is 0.417. The second-order valence-corrected chi connectivity index (χ2v) is 8.89. The van der Waals surface area contributed by atoms with E-state index in [1.54, 1.807) is 6.08 Å². The van der Waals surface area contributed by atoms with E-state index in [1.165, 1.54) is 16.7 Å². The van der Waals surface area contributed by atoms with Crippen molar-refractivity contribution < 1.29 is 0 Å². The summed E-state index contributed by atoms with van der Waals surface area (Å²) >= 11 is 0. The van der Waals surface area contributed by atoms with E-state index in [9.17, 15) is 0 Å². The Bertz CT molecular complexity index is 975. The summed E-state index contributed by atoms with van der Waals surface area (Å²) in [4.78, 5) is 4.86. The highest BCUT2D eigenvalue weighted by atomic mass is 15.1. The van der Waals surface area contributed by atoms with Gasteiger partial charge in [-0.15, -0.1) is 0 Å². The minimum atomic E-state index is 0.173. The van der Waals surface area contributed by atoms with Crippen molar-refractivity contribution in [2.45, 2.75) is 54.0 Å². The normalized spacial score (nSPS) is 18.4. The molecular weight excluding hydrogens is 330 g/mol. The standard InChI is InChI=1S/C24H29N3/c1-17(2)16-27-22-12-18(3)6-8-21(22)26-23(27)9-7-19-13-20(10-11-25)15-24(4,5)14-19/h6-10,12-13,17H,14-16H2,1-5H3/b9-7+,20-10?. The Hall–Kier alpha value is -2.60. The van der Waals surface area contributed by atoms with Gasteiger partial charge < -0.3 is 4.57 Å². The predicted molar refractivity (Wildman–Crippen MR) is 113 cm³/mol. The second kappa shape index (κ2) is 7.56. The molecule has 1 aliphatic rings. The number of benzene rings is 1. The molecule has 0 saturated carbocycles. The summed E-state index contributed by atoms with van der Waals surface area (Å²) < 4.78 is 2.32. The Kier molecular flexibility index (Phi) is 5.37. The summed E-state index contributed by atoms with van der Waals surface area (Å²) in [6.45, 7) is 12.1. The highest BCUT2D eigenvalue weighted by Gasteiger charge is 2.24. The highest BCUT2D eigenvalue weighted by Crippen LogP contribution is 2.38. The third-order valence-electron chi connectivity index (χ3n) is 4.91. The van der Waals surface area contributed by atoms with Crippen LogP contribution in [-0.2, 0) is 6.54 Å². The van der Waals surface area contributed by atoms with Crippen LogP contribution in [-0.4, -0.2) is 9.55 Å². The molecule has 1 aromatic carbocycles. The molecule has 0 N–H and O–H groups in total. The Labute approximate surface area is 162 Å². The van der Waals surface area contributed by atoms with Crippen LogP contribution in [0.1, 0.15) is 51.9 Å². The van der Waals surface area contributed by atoms with Crippen molar-refractivity contribution in [3.63, 3.8) is 0 Å². The quantitative estimate of drug-likeness (QED) is 0.609. The Balaban J connectivity index is 2.00. The minimum Gasteiger partial charge on any atom is -0.324 e. The zero-order valence-corrected chi connectivity index (χ0v) is 17.1. The molecule has 0 radical (unpaired) electrons. The SMILES string of the molecule is Cc1ccc2nc(/C=C/C3=CC(=CC#N)CC(C)(C)C3)n(CC(C)C)c2c1. The van der Waals surface area contributed by atoms with Crippen molar-refractivity contribution in [1.82, 2.24) is 9.55 Å². The lowest BCUT2D eigenvalue weighted by Gasteiger charge is -2.30. The lowest BCUT2D eigenvalue weighted by atomic mass is 9.75. The smallest absolute Gasteiger partial charge is 0.133 e. The maximum absolute atomic E-state index is 9.02. The number of imidazole rings is 1. The van der Waals surface area contributed by atoms with Crippen molar-refractivity contribution >= 4 is 17.1 Å². The van der Waals surface area contributed by atoms with E-state index in [-0.39, 0.29) is 5.41 Å². The van der Waals surface area contributed by atoms with Gasteiger partial charge >= 0.3 is 0 Å². The first-order valence-electron chi connectivity index (χ1n) is 9.71. The number of allylic oxidation sites excluding steroid dienone is 5. The van der Waals surface area contributed by atoms with Crippen LogP contribution in [0.3, 0.4) is 0 Å². The van der Waals surface area contributed by atoms with E-state index in [0.717, 1.165) is 36.3 Å². The summed E-state index contributed by atoms with van der Waals surface area (Å²) in [5, 5.41) is 9.02. The van der Waals surface area contributed by atoms with Crippen molar-refractivity contribution in [2.75, 3.05) is 0 Å². The molecular formula is C24H29N3. The molecule has 0 aliphatic heterocycles. The van der Waals surface area contributed by atoms with Gasteiger partial charge in [-0.05, 0) is 66.0 Å². The van der Waals surface area contributed by atoms with Crippen molar-refractivity contribution in [3.05, 3.63) is 59.0 Å². The lowest BCUT2D eigenvalue weighted by molar-refractivity contribution is 0.355. The van der Waals surface area contributed by atoms with Crippen LogP contribution in [0.5, 0.6) is 0 Å². The minimum absolute atomic E-state index is 0.173. The van der Waals surface area contributed by atoms with Crippen molar-refractivity contribution in [2.24, 2.45) is 11.3 Å². The Morgan fingerprint density at radius 2 is 2.04 bits per heavy atom. The lowest BCUT2D eigenvalue weighted by Crippen LogP contribution is -2.16. The number of fused-ring (bicyclic) bond motifs is 1. The number of nitriles is 1. The van der Waals surface area contributed by atoms with Crippen LogP contribution in [0.25, 0.3) is 17.1 Å². The molecule has 0 atom stereocenters. The van der Waals surface area contributed by atoms with Crippen LogP contribution in [0, 0.1) is 29.6 Å². The zero-order valence-electron chi connectivity index (χ0n) is 17.1. The topological polar surface area (TPSA) is 41.6 Å². The van der Waals surface area contributed by atoms with E-state index in [1.807, 2.05) is 0 Å². The summed E-state index contributed by atoms with van der Waals surface area (Å²) in [5.74, 6) is 1.55. The van der Waals surface area contributed by atoms with Crippen molar-refractivity contribution in [3.8, 4) is 6.07 Å². The molecule has 0 saturated heterocycles. The first-order valence-corrected chi connectivity index (χ1v) is 9.71. The highest BCUT2D eigenvalue weighted by molar-refractivity contribution is 5.79. The number of nitrogens with zero attached hydrogens (tertiary/aromatic N) is 3. The summed E-state index contributed by atoms with van der Waals surface area (Å²) in [7, 11) is 0. The van der Waals surface area contributed by atoms with E-state index >= 15 is 0 Å². The zero-order chi connectivity index (χ0) is 19.6. The van der Waals surface area contributed by atoms with Gasteiger partial charge in [0.1, 0.15) is 5.82 Å². The number of aryl methyl sites for hydroxylation is 1. The van der Waals surface area contributed by atoms with Crippen LogP contribution < -0.4 is 0 Å². The molecule has 1 aliphatic carbocycles. The molecule has 0 spiro atoms. The molecule has 0 fully saturated rings. The molecule has 0 amide bonds. The average molecular weight is 360 g/mol. The van der Waals surface area contributed by atoms with Crippen LogP contribution in [0.4, 0.5) is 0 Å². The van der Waals surface area contributed by atoms with E-state index < -0.39 is 0 Å². The number of aromatic nitrogens is 2. The second-order valence-electron chi connectivity index (χ2n) is 8.89. The average Bonchev–Trinajstić information content (AvgIpc) is 2.88. The maximum Gasteiger partial charge on any atom is 0.133 e. The largest absolute Gasteiger partial charge is 0.324 e. The molecule has 2 aromatic rings. The van der Waals surface area contributed by atoms with Gasteiger partial charge in [0.15, 0.2) is 0 Å². The summed E-state index contributed by atoms with van der Waals surface area (Å²) in [5.41, 5.74) is 6.04. The number of hydrogen-bond acceptors (Lipinski definition) is 2. The molecule has 0 unspecified atom stereocenters. The molecule has 0 bridgehead atoms. The fourth-order valence-electron chi connectivity index (χ4n) is 3.91. The third-order valence-corrected chi connectivity index (χ3v) is 4.91. The molecule has 3 rings (SSSR count). The first kappa shape index (κ1) is 19.2.